The predicted octanol–water partition coefficient (Wildman–Crippen LogP) is 2.58. The quantitative estimate of drug-likeness (QED) is 0.235. The number of hydrogen-bond donors (Lipinski definition) is 1. The summed E-state index contributed by atoms with van der Waals surface area (Å²) in [5, 5.41) is 10.1. The molecule has 0 atom stereocenters. The van der Waals surface area contributed by atoms with Gasteiger partial charge in [-0.2, -0.15) is 0 Å². The molecule has 0 spiro atoms. The summed E-state index contributed by atoms with van der Waals surface area (Å²) in [6, 6.07) is 5.94. The molecule has 0 radical (unpaired) electrons. The number of rotatable bonds is 5. The van der Waals surface area contributed by atoms with E-state index in [0.29, 0.717) is 9.13 Å². The average Bonchev–Trinajstić information content (AvgIpc) is 2.58. The van der Waals surface area contributed by atoms with Crippen molar-refractivity contribution in [3.05, 3.63) is 48.6 Å². The first-order chi connectivity index (χ1) is 12.5. The molecule has 27 heavy (non-hydrogen) atoms. The number of phenolic OH excluding ortho intramolecular Hbond substituents is 1. The number of hydrogen-bond acceptors (Lipinski definition) is 8. The highest BCUT2D eigenvalue weighted by Crippen LogP contribution is 2.31. The summed E-state index contributed by atoms with van der Waals surface area (Å²) in [5.74, 6) is -2.06. The molecule has 0 heterocycles. The zero-order valence-electron chi connectivity index (χ0n) is 13.6. The van der Waals surface area contributed by atoms with Gasteiger partial charge in [0.2, 0.25) is 0 Å². The second-order valence-corrected chi connectivity index (χ2v) is 8.87. The van der Waals surface area contributed by atoms with Crippen molar-refractivity contribution in [1.29, 1.82) is 0 Å². The first-order valence-corrected chi connectivity index (χ1v) is 10.7. The van der Waals surface area contributed by atoms with Gasteiger partial charge >= 0.3 is 11.9 Å². The third-order valence-electron chi connectivity index (χ3n) is 3.32. The zero-order valence-corrected chi connectivity index (χ0v) is 18.7. The molecule has 0 saturated heterocycles. The molecule has 2 aromatic rings. The molecule has 144 valence electrons. The molecule has 2 aromatic carbocycles. The Morgan fingerprint density at radius 3 is 2.30 bits per heavy atom. The van der Waals surface area contributed by atoms with Crippen LogP contribution in [-0.4, -0.2) is 36.6 Å². The number of esters is 2. The van der Waals surface area contributed by atoms with E-state index in [1.165, 1.54) is 0 Å². The lowest BCUT2D eigenvalue weighted by Gasteiger charge is -2.12. The Labute approximate surface area is 181 Å². The van der Waals surface area contributed by atoms with E-state index in [1.807, 2.05) is 45.2 Å². The van der Waals surface area contributed by atoms with Gasteiger partial charge < -0.3 is 19.1 Å². The summed E-state index contributed by atoms with van der Waals surface area (Å²) in [6.45, 7) is 0.916. The topological polar surface area (TPSA) is 130 Å². The first kappa shape index (κ1) is 21.8. The molecule has 0 saturated carbocycles. The van der Waals surface area contributed by atoms with Crippen LogP contribution in [-0.2, 0) is 19.6 Å². The minimum absolute atomic E-state index is 0.0220. The molecule has 0 amide bonds. The summed E-state index contributed by atoms with van der Waals surface area (Å²) in [7, 11) is -4.60. The van der Waals surface area contributed by atoms with E-state index in [1.54, 1.807) is 13.0 Å². The Balaban J connectivity index is 2.03. The van der Waals surface area contributed by atoms with Crippen molar-refractivity contribution in [1.82, 2.24) is 0 Å². The summed E-state index contributed by atoms with van der Waals surface area (Å²) in [5.41, 5.74) is 0.477. The van der Waals surface area contributed by atoms with Crippen LogP contribution in [0, 0.1) is 14.1 Å². The van der Waals surface area contributed by atoms with Gasteiger partial charge in [0.25, 0.3) is 0 Å². The molecule has 8 nitrogen and oxygen atoms in total. The van der Waals surface area contributed by atoms with Crippen LogP contribution in [0.1, 0.15) is 15.9 Å². The Morgan fingerprint density at radius 2 is 1.74 bits per heavy atom. The smallest absolute Gasteiger partial charge is 0.349 e. The predicted molar refractivity (Wildman–Crippen MR) is 109 cm³/mol. The molecule has 0 aliphatic rings. The van der Waals surface area contributed by atoms with E-state index in [0.717, 1.165) is 27.8 Å². The van der Waals surface area contributed by atoms with E-state index in [9.17, 15) is 27.7 Å². The summed E-state index contributed by atoms with van der Waals surface area (Å²) < 4.78 is 43.5. The second-order valence-electron chi connectivity index (χ2n) is 5.16. The van der Waals surface area contributed by atoms with Gasteiger partial charge in [-0.1, -0.05) is 0 Å². The van der Waals surface area contributed by atoms with Crippen molar-refractivity contribution in [2.24, 2.45) is 0 Å². The molecular formula is C16H11I2O8S-. The highest BCUT2D eigenvalue weighted by molar-refractivity contribution is 14.1. The van der Waals surface area contributed by atoms with Crippen LogP contribution in [0.5, 0.6) is 11.5 Å². The largest absolute Gasteiger partial charge is 0.744 e. The van der Waals surface area contributed by atoms with E-state index < -0.39 is 33.6 Å². The van der Waals surface area contributed by atoms with Crippen molar-refractivity contribution in [2.45, 2.75) is 11.8 Å². The minimum Gasteiger partial charge on any atom is -0.744 e. The molecule has 0 aromatic heterocycles. The highest BCUT2D eigenvalue weighted by atomic mass is 127. The van der Waals surface area contributed by atoms with Crippen molar-refractivity contribution >= 4 is 67.2 Å². The average molecular weight is 617 g/mol. The number of aromatic hydroxyl groups is 1. The lowest BCUT2D eigenvalue weighted by Crippen LogP contribution is -2.19. The van der Waals surface area contributed by atoms with E-state index in [4.69, 9.17) is 9.47 Å². The minimum atomic E-state index is -4.60. The Bertz CT molecular complexity index is 974. The third kappa shape index (κ3) is 5.52. The monoisotopic (exact) mass is 617 g/mol. The van der Waals surface area contributed by atoms with Crippen molar-refractivity contribution < 1.29 is 37.1 Å². The highest BCUT2D eigenvalue weighted by Gasteiger charge is 2.21. The second kappa shape index (κ2) is 8.70. The van der Waals surface area contributed by atoms with Crippen LogP contribution in [0.3, 0.4) is 0 Å². The molecule has 0 bridgehead atoms. The fourth-order valence-electron chi connectivity index (χ4n) is 1.99. The van der Waals surface area contributed by atoms with Crippen molar-refractivity contribution in [3.63, 3.8) is 0 Å². The van der Waals surface area contributed by atoms with Gasteiger partial charge in [-0.15, -0.1) is 0 Å². The van der Waals surface area contributed by atoms with Crippen LogP contribution in [0.4, 0.5) is 0 Å². The fraction of sp³-hybridized carbons (Fsp3) is 0.125. The Morgan fingerprint density at radius 1 is 1.15 bits per heavy atom. The van der Waals surface area contributed by atoms with Crippen LogP contribution in [0.2, 0.25) is 0 Å². The molecule has 0 aliphatic carbocycles. The van der Waals surface area contributed by atoms with Gasteiger partial charge in [0.05, 0.1) is 8.47 Å². The molecular weight excluding hydrogens is 606 g/mol. The van der Waals surface area contributed by atoms with Crippen LogP contribution >= 0.6 is 45.2 Å². The van der Waals surface area contributed by atoms with Crippen LogP contribution in [0.25, 0.3) is 0 Å². The number of benzene rings is 2. The van der Waals surface area contributed by atoms with Gasteiger partial charge in [-0.25, -0.2) is 18.0 Å². The number of phenols is 1. The summed E-state index contributed by atoms with van der Waals surface area (Å²) >= 11 is 3.88. The molecule has 1 N–H and O–H groups in total. The zero-order chi connectivity index (χ0) is 20.4. The molecule has 0 fully saturated rings. The van der Waals surface area contributed by atoms with E-state index >= 15 is 0 Å². The Hall–Kier alpha value is -1.45. The van der Waals surface area contributed by atoms with Crippen molar-refractivity contribution in [2.75, 3.05) is 6.61 Å². The third-order valence-corrected chi connectivity index (χ3v) is 6.11. The normalized spacial score (nSPS) is 11.1. The van der Waals surface area contributed by atoms with Gasteiger partial charge in [-0.05, 0) is 88.0 Å². The SMILES string of the molecule is Cc1c(I)cc(I)c(O)c1C(=O)OCC(=O)Oc1ccc(S(=O)(=O)[O-])cc1. The number of carbonyl (C=O) groups excluding carboxylic acids is 2. The van der Waals surface area contributed by atoms with Gasteiger partial charge in [0.1, 0.15) is 27.2 Å². The molecule has 0 unspecified atom stereocenters. The van der Waals surface area contributed by atoms with Crippen molar-refractivity contribution in [3.8, 4) is 11.5 Å². The van der Waals surface area contributed by atoms with Crippen LogP contribution in [0.15, 0.2) is 35.2 Å². The molecule has 11 heteroatoms. The maximum atomic E-state index is 12.2. The lowest BCUT2D eigenvalue weighted by molar-refractivity contribution is -0.137. The number of ether oxygens (including phenoxy) is 2. The summed E-state index contributed by atoms with van der Waals surface area (Å²) in [6.07, 6.45) is 0. The molecule has 2 rings (SSSR count). The standard InChI is InChI=1S/C16H12I2O8S/c1-8-11(17)6-12(18)15(20)14(8)16(21)25-7-13(19)26-9-2-4-10(5-3-9)27(22,23)24/h2-6,20H,7H2,1H3,(H,22,23,24)/p-1. The maximum Gasteiger partial charge on any atom is 0.349 e. The Kier molecular flexibility index (Phi) is 7.04. The number of halogens is 2. The van der Waals surface area contributed by atoms with E-state index in [2.05, 4.69) is 0 Å². The maximum absolute atomic E-state index is 12.2. The van der Waals surface area contributed by atoms with Gasteiger partial charge in [0.15, 0.2) is 6.61 Å². The van der Waals surface area contributed by atoms with Crippen LogP contribution < -0.4 is 4.74 Å². The lowest BCUT2D eigenvalue weighted by atomic mass is 10.1. The van der Waals surface area contributed by atoms with Gasteiger partial charge in [-0.3, -0.25) is 0 Å². The summed E-state index contributed by atoms with van der Waals surface area (Å²) in [4.78, 5) is 23.5. The van der Waals surface area contributed by atoms with E-state index in [-0.39, 0.29) is 17.1 Å². The molecule has 0 aliphatic heterocycles. The fourth-order valence-corrected chi connectivity index (χ4v) is 4.21. The first-order valence-electron chi connectivity index (χ1n) is 7.12. The number of carbonyl (C=O) groups is 2. The van der Waals surface area contributed by atoms with Gasteiger partial charge in [0, 0.05) is 3.57 Å².